The average Bonchev–Trinajstić information content (AvgIpc) is 2.93. The summed E-state index contributed by atoms with van der Waals surface area (Å²) in [5.41, 5.74) is 5.39. The molecule has 0 bridgehead atoms. The number of ether oxygens (including phenoxy) is 1. The van der Waals surface area contributed by atoms with Gasteiger partial charge in [0.2, 0.25) is 0 Å². The number of nitrogens with zero attached hydrogens (tertiary/aromatic N) is 1. The summed E-state index contributed by atoms with van der Waals surface area (Å²) in [6.07, 6.45) is 0.775. The number of aromatic amines is 1. The van der Waals surface area contributed by atoms with Crippen molar-refractivity contribution in [1.29, 1.82) is 0 Å². The molecule has 0 saturated heterocycles. The first-order chi connectivity index (χ1) is 10.6. The molecule has 5 nitrogen and oxygen atoms in total. The maximum Gasteiger partial charge on any atom is 0.276 e. The zero-order chi connectivity index (χ0) is 15.7. The predicted octanol–water partition coefficient (Wildman–Crippen LogP) is 3.17. The molecule has 2 N–H and O–H groups in total. The minimum Gasteiger partial charge on any atom is -0.376 e. The number of hydrogen-bond acceptors (Lipinski definition) is 3. The Hall–Kier alpha value is -2.14. The van der Waals surface area contributed by atoms with Crippen molar-refractivity contribution in [3.63, 3.8) is 0 Å². The van der Waals surface area contributed by atoms with Crippen LogP contribution in [0, 0.1) is 6.92 Å². The number of amides is 1. The summed E-state index contributed by atoms with van der Waals surface area (Å²) in [7, 11) is 0. The minimum absolute atomic E-state index is 0.181. The number of rotatable bonds is 3. The zero-order valence-electron chi connectivity index (χ0n) is 13.2. The summed E-state index contributed by atoms with van der Waals surface area (Å²) >= 11 is 0. The Morgan fingerprint density at radius 2 is 2.23 bits per heavy atom. The van der Waals surface area contributed by atoms with Crippen molar-refractivity contribution in [2.75, 3.05) is 11.9 Å². The number of aryl methyl sites for hydroxylation is 1. The monoisotopic (exact) mass is 299 g/mol. The van der Waals surface area contributed by atoms with Gasteiger partial charge in [0, 0.05) is 23.4 Å². The highest BCUT2D eigenvalue weighted by Gasteiger charge is 2.23. The van der Waals surface area contributed by atoms with Gasteiger partial charge in [0.25, 0.3) is 5.91 Å². The van der Waals surface area contributed by atoms with Crippen LogP contribution in [-0.4, -0.2) is 22.7 Å². The summed E-state index contributed by atoms with van der Waals surface area (Å²) in [6, 6.07) is 6.07. The van der Waals surface area contributed by atoms with Gasteiger partial charge in [0.15, 0.2) is 5.69 Å². The lowest BCUT2D eigenvalue weighted by molar-refractivity contribution is 0.0985. The highest BCUT2D eigenvalue weighted by atomic mass is 16.5. The van der Waals surface area contributed by atoms with Crippen LogP contribution in [0.4, 0.5) is 5.69 Å². The van der Waals surface area contributed by atoms with E-state index in [1.165, 1.54) is 0 Å². The number of H-pyrrole nitrogens is 1. The van der Waals surface area contributed by atoms with Crippen LogP contribution >= 0.6 is 0 Å². The second-order valence-corrected chi connectivity index (χ2v) is 5.98. The molecule has 0 radical (unpaired) electrons. The van der Waals surface area contributed by atoms with Crippen molar-refractivity contribution >= 4 is 11.6 Å². The number of fused-ring (bicyclic) bond motifs is 1. The summed E-state index contributed by atoms with van der Waals surface area (Å²) in [6.45, 7) is 7.36. The molecule has 0 spiro atoms. The third kappa shape index (κ3) is 2.64. The van der Waals surface area contributed by atoms with Crippen LogP contribution in [0.2, 0.25) is 0 Å². The van der Waals surface area contributed by atoms with Gasteiger partial charge in [-0.15, -0.1) is 0 Å². The van der Waals surface area contributed by atoms with E-state index in [4.69, 9.17) is 4.74 Å². The smallest absolute Gasteiger partial charge is 0.276 e. The number of aromatic nitrogens is 2. The summed E-state index contributed by atoms with van der Waals surface area (Å²) in [4.78, 5) is 12.6. The summed E-state index contributed by atoms with van der Waals surface area (Å²) in [5, 5.41) is 10.2. The van der Waals surface area contributed by atoms with Crippen LogP contribution in [-0.2, 0) is 17.8 Å². The van der Waals surface area contributed by atoms with Gasteiger partial charge in [-0.2, -0.15) is 5.10 Å². The van der Waals surface area contributed by atoms with E-state index in [0.29, 0.717) is 24.8 Å². The fourth-order valence-electron chi connectivity index (χ4n) is 2.81. The molecule has 1 aliphatic rings. The van der Waals surface area contributed by atoms with Crippen molar-refractivity contribution in [3.8, 4) is 0 Å². The van der Waals surface area contributed by atoms with Gasteiger partial charge >= 0.3 is 0 Å². The average molecular weight is 299 g/mol. The van der Waals surface area contributed by atoms with Gasteiger partial charge in [-0.3, -0.25) is 9.89 Å². The summed E-state index contributed by atoms with van der Waals surface area (Å²) in [5.74, 6) is 0.158. The number of nitrogens with one attached hydrogen (secondary N) is 2. The highest BCUT2D eigenvalue weighted by molar-refractivity contribution is 6.04. The Morgan fingerprint density at radius 3 is 3.00 bits per heavy atom. The first kappa shape index (κ1) is 14.8. The number of hydrogen-bond donors (Lipinski definition) is 2. The van der Waals surface area contributed by atoms with Crippen molar-refractivity contribution in [3.05, 3.63) is 46.3 Å². The largest absolute Gasteiger partial charge is 0.376 e. The number of para-hydroxylation sites is 1. The first-order valence-electron chi connectivity index (χ1n) is 7.62. The van der Waals surface area contributed by atoms with Gasteiger partial charge in [0.1, 0.15) is 0 Å². The normalized spacial score (nSPS) is 14.0. The van der Waals surface area contributed by atoms with Crippen molar-refractivity contribution in [2.45, 2.75) is 39.7 Å². The molecule has 2 aromatic rings. The molecule has 1 aromatic carbocycles. The predicted molar refractivity (Wildman–Crippen MR) is 85.2 cm³/mol. The molecule has 5 heteroatoms. The Kier molecular flexibility index (Phi) is 3.98. The molecule has 0 saturated carbocycles. The number of benzene rings is 1. The van der Waals surface area contributed by atoms with Crippen LogP contribution in [0.15, 0.2) is 18.2 Å². The van der Waals surface area contributed by atoms with E-state index >= 15 is 0 Å². The molecule has 2 heterocycles. The van der Waals surface area contributed by atoms with Crippen LogP contribution in [0.25, 0.3) is 0 Å². The SMILES string of the molecule is Cc1cccc(C(C)C)c1NC(=O)c1n[nH]c2c1COCC2. The molecule has 1 aromatic heterocycles. The van der Waals surface area contributed by atoms with Gasteiger partial charge in [-0.1, -0.05) is 32.0 Å². The Bertz CT molecular complexity index is 704. The Morgan fingerprint density at radius 1 is 1.41 bits per heavy atom. The molecule has 1 amide bonds. The van der Waals surface area contributed by atoms with Crippen molar-refractivity contribution in [2.24, 2.45) is 0 Å². The third-order valence-electron chi connectivity index (χ3n) is 4.08. The van der Waals surface area contributed by atoms with E-state index in [0.717, 1.165) is 34.5 Å². The first-order valence-corrected chi connectivity index (χ1v) is 7.62. The van der Waals surface area contributed by atoms with Crippen LogP contribution < -0.4 is 5.32 Å². The van der Waals surface area contributed by atoms with Gasteiger partial charge in [0.05, 0.1) is 13.2 Å². The number of carbonyl (C=O) groups excluding carboxylic acids is 1. The van der Waals surface area contributed by atoms with Crippen molar-refractivity contribution < 1.29 is 9.53 Å². The molecule has 0 atom stereocenters. The van der Waals surface area contributed by atoms with Crippen LogP contribution in [0.3, 0.4) is 0 Å². The fraction of sp³-hybridized carbons (Fsp3) is 0.412. The van der Waals surface area contributed by atoms with E-state index in [9.17, 15) is 4.79 Å². The van der Waals surface area contributed by atoms with E-state index in [2.05, 4.69) is 35.4 Å². The van der Waals surface area contributed by atoms with Gasteiger partial charge < -0.3 is 10.1 Å². The Balaban J connectivity index is 1.91. The van der Waals surface area contributed by atoms with E-state index < -0.39 is 0 Å². The molecule has 22 heavy (non-hydrogen) atoms. The van der Waals surface area contributed by atoms with E-state index in [1.54, 1.807) is 0 Å². The lowest BCUT2D eigenvalue weighted by Gasteiger charge is -2.17. The molecular formula is C17H21N3O2. The topological polar surface area (TPSA) is 67.0 Å². The molecule has 116 valence electrons. The maximum atomic E-state index is 12.6. The van der Waals surface area contributed by atoms with Crippen LogP contribution in [0.5, 0.6) is 0 Å². The highest BCUT2D eigenvalue weighted by Crippen LogP contribution is 2.28. The summed E-state index contributed by atoms with van der Waals surface area (Å²) < 4.78 is 5.44. The fourth-order valence-corrected chi connectivity index (χ4v) is 2.81. The zero-order valence-corrected chi connectivity index (χ0v) is 13.2. The number of carbonyl (C=O) groups is 1. The van der Waals surface area contributed by atoms with Crippen LogP contribution in [0.1, 0.15) is 52.6 Å². The van der Waals surface area contributed by atoms with E-state index in [-0.39, 0.29) is 5.91 Å². The Labute approximate surface area is 130 Å². The standard InChI is InChI=1S/C17H21N3O2/c1-10(2)12-6-4-5-11(3)15(12)18-17(21)16-13-9-22-8-7-14(13)19-20-16/h4-6,10H,7-9H2,1-3H3,(H,18,21)(H,19,20). The molecule has 0 fully saturated rings. The molecule has 3 rings (SSSR count). The molecule has 0 aliphatic carbocycles. The third-order valence-corrected chi connectivity index (χ3v) is 4.08. The molecular weight excluding hydrogens is 278 g/mol. The van der Waals surface area contributed by atoms with Crippen molar-refractivity contribution in [1.82, 2.24) is 10.2 Å². The minimum atomic E-state index is -0.181. The molecule has 1 aliphatic heterocycles. The number of anilines is 1. The quantitative estimate of drug-likeness (QED) is 0.914. The lowest BCUT2D eigenvalue weighted by Crippen LogP contribution is -2.18. The van der Waals surface area contributed by atoms with Gasteiger partial charge in [-0.05, 0) is 24.0 Å². The maximum absolute atomic E-state index is 12.6. The second kappa shape index (κ2) is 5.93. The van der Waals surface area contributed by atoms with E-state index in [1.807, 2.05) is 19.1 Å². The van der Waals surface area contributed by atoms with Gasteiger partial charge in [-0.25, -0.2) is 0 Å². The lowest BCUT2D eigenvalue weighted by atomic mass is 9.98. The molecule has 0 unspecified atom stereocenters. The second-order valence-electron chi connectivity index (χ2n) is 5.98.